The fourth-order valence-electron chi connectivity index (χ4n) is 1.50. The second-order valence-corrected chi connectivity index (χ2v) is 3.65. The monoisotopic (exact) mass is 216 g/mol. The third-order valence-electron chi connectivity index (χ3n) is 2.43. The Morgan fingerprint density at radius 1 is 1.60 bits per heavy atom. The first kappa shape index (κ1) is 12.4. The van der Waals surface area contributed by atoms with Gasteiger partial charge in [0.15, 0.2) is 0 Å². The molecule has 0 aliphatic carbocycles. The maximum atomic E-state index is 11.6. The van der Waals surface area contributed by atoms with Gasteiger partial charge in [-0.25, -0.2) is 0 Å². The molecule has 0 aromatic carbocycles. The molecule has 3 N–H and O–H groups in total. The molecule has 1 saturated heterocycles. The molecule has 5 nitrogen and oxygen atoms in total. The van der Waals surface area contributed by atoms with Gasteiger partial charge in [0, 0.05) is 25.8 Å². The molecule has 0 radical (unpaired) electrons. The van der Waals surface area contributed by atoms with Crippen LogP contribution in [0.4, 0.5) is 0 Å². The average molecular weight is 216 g/mol. The van der Waals surface area contributed by atoms with Crippen molar-refractivity contribution < 1.29 is 14.3 Å². The summed E-state index contributed by atoms with van der Waals surface area (Å²) in [4.78, 5) is 11.6. The predicted octanol–water partition coefficient (Wildman–Crippen LogP) is -0.497. The summed E-state index contributed by atoms with van der Waals surface area (Å²) in [7, 11) is 0. The summed E-state index contributed by atoms with van der Waals surface area (Å²) in [5.41, 5.74) is 5.72. The molecule has 15 heavy (non-hydrogen) atoms. The summed E-state index contributed by atoms with van der Waals surface area (Å²) in [6, 6.07) is -0.156. The maximum absolute atomic E-state index is 11.6. The summed E-state index contributed by atoms with van der Waals surface area (Å²) < 4.78 is 10.3. The molecule has 2 atom stereocenters. The van der Waals surface area contributed by atoms with Gasteiger partial charge in [-0.05, 0) is 13.3 Å². The van der Waals surface area contributed by atoms with E-state index in [0.29, 0.717) is 26.4 Å². The SMILES string of the molecule is CCOCCCNC(=O)C1COCC1N. The van der Waals surface area contributed by atoms with Crippen LogP contribution in [0.2, 0.25) is 0 Å². The quantitative estimate of drug-likeness (QED) is 0.587. The van der Waals surface area contributed by atoms with Crippen LogP contribution in [0.25, 0.3) is 0 Å². The molecule has 0 aromatic heterocycles. The van der Waals surface area contributed by atoms with Crippen LogP contribution in [-0.4, -0.2) is 44.9 Å². The summed E-state index contributed by atoms with van der Waals surface area (Å²) in [5, 5.41) is 2.83. The van der Waals surface area contributed by atoms with Crippen LogP contribution < -0.4 is 11.1 Å². The number of hydrogen-bond donors (Lipinski definition) is 2. The van der Waals surface area contributed by atoms with Crippen LogP contribution in [0.15, 0.2) is 0 Å². The van der Waals surface area contributed by atoms with Crippen LogP contribution in [0.1, 0.15) is 13.3 Å². The zero-order valence-electron chi connectivity index (χ0n) is 9.20. The largest absolute Gasteiger partial charge is 0.382 e. The highest BCUT2D eigenvalue weighted by atomic mass is 16.5. The van der Waals surface area contributed by atoms with Crippen LogP contribution in [0, 0.1) is 5.92 Å². The molecular weight excluding hydrogens is 196 g/mol. The Labute approximate surface area is 90.3 Å². The zero-order chi connectivity index (χ0) is 11.1. The lowest BCUT2D eigenvalue weighted by molar-refractivity contribution is -0.125. The Hall–Kier alpha value is -0.650. The highest BCUT2D eigenvalue weighted by molar-refractivity contribution is 5.79. The number of nitrogens with one attached hydrogen (secondary N) is 1. The van der Waals surface area contributed by atoms with Crippen molar-refractivity contribution in [3.8, 4) is 0 Å². The van der Waals surface area contributed by atoms with Gasteiger partial charge >= 0.3 is 0 Å². The van der Waals surface area contributed by atoms with Crippen molar-refractivity contribution >= 4 is 5.91 Å². The number of amides is 1. The molecule has 5 heteroatoms. The van der Waals surface area contributed by atoms with E-state index in [4.69, 9.17) is 15.2 Å². The first-order valence-electron chi connectivity index (χ1n) is 5.44. The smallest absolute Gasteiger partial charge is 0.227 e. The predicted molar refractivity (Wildman–Crippen MR) is 56.4 cm³/mol. The third kappa shape index (κ3) is 4.15. The normalized spacial score (nSPS) is 25.5. The van der Waals surface area contributed by atoms with Crippen LogP contribution in [-0.2, 0) is 14.3 Å². The number of carbonyl (C=O) groups excluding carboxylic acids is 1. The van der Waals surface area contributed by atoms with Gasteiger partial charge in [-0.3, -0.25) is 4.79 Å². The van der Waals surface area contributed by atoms with Gasteiger partial charge in [-0.2, -0.15) is 0 Å². The molecule has 0 bridgehead atoms. The molecular formula is C10H20N2O3. The van der Waals surface area contributed by atoms with Crippen LogP contribution >= 0.6 is 0 Å². The molecule has 0 spiro atoms. The minimum Gasteiger partial charge on any atom is -0.382 e. The van der Waals surface area contributed by atoms with Crippen molar-refractivity contribution in [2.45, 2.75) is 19.4 Å². The first-order chi connectivity index (χ1) is 7.25. The van der Waals surface area contributed by atoms with Crippen molar-refractivity contribution in [1.29, 1.82) is 0 Å². The van der Waals surface area contributed by atoms with Gasteiger partial charge in [0.2, 0.25) is 5.91 Å². The Morgan fingerprint density at radius 3 is 3.00 bits per heavy atom. The molecule has 0 aromatic rings. The molecule has 1 rings (SSSR count). The van der Waals surface area contributed by atoms with Crippen molar-refractivity contribution in [3.05, 3.63) is 0 Å². The fourth-order valence-corrected chi connectivity index (χ4v) is 1.50. The Balaban J connectivity index is 2.08. The van der Waals surface area contributed by atoms with Crippen molar-refractivity contribution in [3.63, 3.8) is 0 Å². The highest BCUT2D eigenvalue weighted by Gasteiger charge is 2.30. The number of hydrogen-bond acceptors (Lipinski definition) is 4. The number of rotatable bonds is 6. The van der Waals surface area contributed by atoms with Gasteiger partial charge < -0.3 is 20.5 Å². The van der Waals surface area contributed by atoms with E-state index in [9.17, 15) is 4.79 Å². The molecule has 1 heterocycles. The lowest BCUT2D eigenvalue weighted by atomic mass is 10.0. The zero-order valence-corrected chi connectivity index (χ0v) is 9.20. The first-order valence-corrected chi connectivity index (χ1v) is 5.44. The Bertz CT molecular complexity index is 199. The number of carbonyl (C=O) groups is 1. The lowest BCUT2D eigenvalue weighted by Gasteiger charge is -2.13. The number of ether oxygens (including phenoxy) is 2. The van der Waals surface area contributed by atoms with Crippen molar-refractivity contribution in [2.24, 2.45) is 11.7 Å². The summed E-state index contributed by atoms with van der Waals surface area (Å²) in [6.07, 6.45) is 0.836. The van der Waals surface area contributed by atoms with Gasteiger partial charge in [-0.1, -0.05) is 0 Å². The molecule has 1 aliphatic heterocycles. The second kappa shape index (κ2) is 6.76. The van der Waals surface area contributed by atoms with Gasteiger partial charge in [0.25, 0.3) is 0 Å². The topological polar surface area (TPSA) is 73.6 Å². The molecule has 1 amide bonds. The molecule has 1 aliphatic rings. The van der Waals surface area contributed by atoms with E-state index in [1.54, 1.807) is 0 Å². The molecule has 2 unspecified atom stereocenters. The van der Waals surface area contributed by atoms with Crippen LogP contribution in [0.3, 0.4) is 0 Å². The van der Waals surface area contributed by atoms with Crippen LogP contribution in [0.5, 0.6) is 0 Å². The van der Waals surface area contributed by atoms with Gasteiger partial charge in [-0.15, -0.1) is 0 Å². The van der Waals surface area contributed by atoms with E-state index in [0.717, 1.165) is 13.0 Å². The van der Waals surface area contributed by atoms with E-state index in [1.807, 2.05) is 6.92 Å². The summed E-state index contributed by atoms with van der Waals surface area (Å²) in [6.45, 7) is 4.92. The van der Waals surface area contributed by atoms with Gasteiger partial charge in [0.05, 0.1) is 19.1 Å². The molecule has 1 fully saturated rings. The highest BCUT2D eigenvalue weighted by Crippen LogP contribution is 2.11. The third-order valence-corrected chi connectivity index (χ3v) is 2.43. The average Bonchev–Trinajstić information content (AvgIpc) is 2.64. The standard InChI is InChI=1S/C10H20N2O3/c1-2-14-5-3-4-12-10(13)8-6-15-7-9(8)11/h8-9H,2-7,11H2,1H3,(H,12,13). The minimum absolute atomic E-state index is 0.00324. The summed E-state index contributed by atoms with van der Waals surface area (Å²) >= 11 is 0. The Kier molecular flexibility index (Phi) is 5.60. The van der Waals surface area contributed by atoms with E-state index in [1.165, 1.54) is 0 Å². The van der Waals surface area contributed by atoms with E-state index in [-0.39, 0.29) is 17.9 Å². The molecule has 88 valence electrons. The lowest BCUT2D eigenvalue weighted by Crippen LogP contribution is -2.41. The van der Waals surface area contributed by atoms with Crippen molar-refractivity contribution in [2.75, 3.05) is 33.0 Å². The molecule has 0 saturated carbocycles. The Morgan fingerprint density at radius 2 is 2.40 bits per heavy atom. The second-order valence-electron chi connectivity index (χ2n) is 3.65. The van der Waals surface area contributed by atoms with E-state index in [2.05, 4.69) is 5.32 Å². The minimum atomic E-state index is -0.183. The van der Waals surface area contributed by atoms with Crippen molar-refractivity contribution in [1.82, 2.24) is 5.32 Å². The van der Waals surface area contributed by atoms with E-state index < -0.39 is 0 Å². The summed E-state index contributed by atoms with van der Waals surface area (Å²) in [5.74, 6) is -0.186. The number of nitrogens with two attached hydrogens (primary N) is 1. The van der Waals surface area contributed by atoms with Gasteiger partial charge in [0.1, 0.15) is 0 Å². The van der Waals surface area contributed by atoms with E-state index >= 15 is 0 Å². The maximum Gasteiger partial charge on any atom is 0.227 e. The fraction of sp³-hybridized carbons (Fsp3) is 0.900.